The van der Waals surface area contributed by atoms with Gasteiger partial charge in [-0.25, -0.2) is 0 Å². The third-order valence-electron chi connectivity index (χ3n) is 2.18. The van der Waals surface area contributed by atoms with Crippen molar-refractivity contribution in [2.45, 2.75) is 38.5 Å². The molecule has 0 spiro atoms. The molecule has 0 nitrogen and oxygen atoms in total. The van der Waals surface area contributed by atoms with Crippen molar-refractivity contribution in [1.82, 2.24) is 0 Å². The topological polar surface area (TPSA) is 0 Å². The third kappa shape index (κ3) is 6.47. The van der Waals surface area contributed by atoms with Crippen LogP contribution in [0.5, 0.6) is 0 Å². The Morgan fingerprint density at radius 1 is 0.786 bits per heavy atom. The van der Waals surface area contributed by atoms with Gasteiger partial charge in [0.05, 0.1) is 0 Å². The second-order valence-electron chi connectivity index (χ2n) is 3.46. The fraction of sp³-hybridized carbons (Fsp3) is 0.429. The van der Waals surface area contributed by atoms with Gasteiger partial charge in [0.2, 0.25) is 0 Å². The predicted molar refractivity (Wildman–Crippen MR) is 62.9 cm³/mol. The van der Waals surface area contributed by atoms with Gasteiger partial charge in [-0.2, -0.15) is 0 Å². The number of allylic oxidation sites excluding steroid dienone is 8. The smallest absolute Gasteiger partial charge is 0.00946 e. The fourth-order valence-electron chi connectivity index (χ4n) is 1.36. The van der Waals surface area contributed by atoms with E-state index in [2.05, 4.69) is 48.6 Å². The van der Waals surface area contributed by atoms with E-state index in [1.165, 1.54) is 25.7 Å². The summed E-state index contributed by atoms with van der Waals surface area (Å²) >= 11 is 0. The Hall–Kier alpha value is -1.04. The highest BCUT2D eigenvalue weighted by Gasteiger charge is 1.83. The summed E-state index contributed by atoms with van der Waals surface area (Å²) in [4.78, 5) is 0. The van der Waals surface area contributed by atoms with Crippen LogP contribution >= 0.6 is 0 Å². The number of rotatable bonds is 0. The fourth-order valence-corrected chi connectivity index (χ4v) is 1.36. The number of hydrogen-bond donors (Lipinski definition) is 0. The first-order valence-electron chi connectivity index (χ1n) is 5.52. The summed E-state index contributed by atoms with van der Waals surface area (Å²) in [7, 11) is 0. The van der Waals surface area contributed by atoms with Gasteiger partial charge in [0.15, 0.2) is 0 Å². The van der Waals surface area contributed by atoms with Gasteiger partial charge in [0.25, 0.3) is 0 Å². The van der Waals surface area contributed by atoms with Crippen molar-refractivity contribution >= 4 is 0 Å². The Morgan fingerprint density at radius 2 is 1.57 bits per heavy atom. The van der Waals surface area contributed by atoms with Crippen LogP contribution in [-0.2, 0) is 0 Å². The molecule has 0 fully saturated rings. The Kier molecular flexibility index (Phi) is 6.74. The minimum absolute atomic E-state index is 0.929. The summed E-state index contributed by atoms with van der Waals surface area (Å²) in [5.74, 6) is 0. The lowest BCUT2D eigenvalue weighted by Gasteiger charge is -1.92. The van der Waals surface area contributed by atoms with E-state index in [1.807, 2.05) is 0 Å². The van der Waals surface area contributed by atoms with Crippen LogP contribution in [0.4, 0.5) is 0 Å². The summed E-state index contributed by atoms with van der Waals surface area (Å²) in [6.07, 6.45) is 25.5. The summed E-state index contributed by atoms with van der Waals surface area (Å²) < 4.78 is 0. The Bertz CT molecular complexity index is 228. The maximum Gasteiger partial charge on any atom is -0.00946 e. The van der Waals surface area contributed by atoms with E-state index in [0.717, 1.165) is 12.8 Å². The quantitative estimate of drug-likeness (QED) is 0.494. The first-order chi connectivity index (χ1) is 7.00. The predicted octanol–water partition coefficient (Wildman–Crippen LogP) is 4.37. The Morgan fingerprint density at radius 3 is 2.50 bits per heavy atom. The maximum atomic E-state index is 3.24. The van der Waals surface area contributed by atoms with Gasteiger partial charge in [-0.15, -0.1) is 0 Å². The van der Waals surface area contributed by atoms with Crippen molar-refractivity contribution in [3.8, 4) is 0 Å². The lowest BCUT2D eigenvalue weighted by atomic mass is 10.1. The molecule has 1 radical (unpaired) electrons. The zero-order chi connectivity index (χ0) is 9.90. The molecule has 0 aromatic heterocycles. The van der Waals surface area contributed by atoms with E-state index in [1.54, 1.807) is 0 Å². The molecule has 0 aromatic carbocycles. The SMILES string of the molecule is [C]1=C/C/C=C\CCCC/C=C\C=C\C/1. The Balaban J connectivity index is 2.35. The average Bonchev–Trinajstić information content (AvgIpc) is 2.22. The van der Waals surface area contributed by atoms with Crippen LogP contribution in [-0.4, -0.2) is 0 Å². The zero-order valence-corrected chi connectivity index (χ0v) is 8.78. The van der Waals surface area contributed by atoms with Crippen molar-refractivity contribution in [3.05, 3.63) is 48.6 Å². The van der Waals surface area contributed by atoms with Crippen LogP contribution in [0, 0.1) is 6.08 Å². The summed E-state index contributed by atoms with van der Waals surface area (Å²) in [5.41, 5.74) is 0. The van der Waals surface area contributed by atoms with Gasteiger partial charge in [-0.3, -0.25) is 0 Å². The molecule has 0 saturated carbocycles. The monoisotopic (exact) mass is 187 g/mol. The molecular weight excluding hydrogens is 168 g/mol. The van der Waals surface area contributed by atoms with Crippen molar-refractivity contribution < 1.29 is 0 Å². The zero-order valence-electron chi connectivity index (χ0n) is 8.78. The maximum absolute atomic E-state index is 3.24. The van der Waals surface area contributed by atoms with Gasteiger partial charge in [0, 0.05) is 0 Å². The molecule has 0 unspecified atom stereocenters. The molecule has 0 heteroatoms. The van der Waals surface area contributed by atoms with Crippen LogP contribution in [0.3, 0.4) is 0 Å². The van der Waals surface area contributed by atoms with E-state index in [-0.39, 0.29) is 0 Å². The van der Waals surface area contributed by atoms with Crippen molar-refractivity contribution in [2.24, 2.45) is 0 Å². The van der Waals surface area contributed by atoms with E-state index in [0.29, 0.717) is 0 Å². The summed E-state index contributed by atoms with van der Waals surface area (Å²) in [6.45, 7) is 0. The van der Waals surface area contributed by atoms with E-state index >= 15 is 0 Å². The van der Waals surface area contributed by atoms with Gasteiger partial charge in [-0.05, 0) is 44.6 Å². The van der Waals surface area contributed by atoms with E-state index < -0.39 is 0 Å². The number of hydrogen-bond acceptors (Lipinski definition) is 0. The highest BCUT2D eigenvalue weighted by atomic mass is 13.9. The van der Waals surface area contributed by atoms with Gasteiger partial charge >= 0.3 is 0 Å². The second-order valence-corrected chi connectivity index (χ2v) is 3.46. The van der Waals surface area contributed by atoms with Gasteiger partial charge in [0.1, 0.15) is 0 Å². The second kappa shape index (κ2) is 8.55. The minimum Gasteiger partial charge on any atom is -0.0882 e. The standard InChI is InChI=1S/C14H19/c1-2-4-6-8-10-12-14-13-11-9-7-5-3-1/h1-4,10,13-14H,5-7,9,11-12H2/b3-1-,4-2+,10-8?,14-13-. The molecule has 1 aliphatic carbocycles. The largest absolute Gasteiger partial charge is 0.0882 e. The van der Waals surface area contributed by atoms with Gasteiger partial charge < -0.3 is 0 Å². The molecule has 0 saturated heterocycles. The molecule has 0 amide bonds. The van der Waals surface area contributed by atoms with Crippen LogP contribution < -0.4 is 0 Å². The average molecular weight is 187 g/mol. The molecular formula is C14H19. The van der Waals surface area contributed by atoms with E-state index in [9.17, 15) is 0 Å². The molecule has 14 heavy (non-hydrogen) atoms. The van der Waals surface area contributed by atoms with Crippen molar-refractivity contribution in [1.29, 1.82) is 0 Å². The van der Waals surface area contributed by atoms with Crippen LogP contribution in [0.2, 0.25) is 0 Å². The molecule has 0 aliphatic heterocycles. The lowest BCUT2D eigenvalue weighted by Crippen LogP contribution is -1.73. The minimum atomic E-state index is 0.929. The first kappa shape index (κ1) is 11.0. The molecule has 1 rings (SSSR count). The molecule has 75 valence electrons. The molecule has 0 aromatic rings. The van der Waals surface area contributed by atoms with Crippen molar-refractivity contribution in [3.63, 3.8) is 0 Å². The Labute approximate surface area is 87.7 Å². The molecule has 1 aliphatic rings. The molecule has 0 heterocycles. The normalized spacial score (nSPS) is 28.6. The van der Waals surface area contributed by atoms with Crippen molar-refractivity contribution in [2.75, 3.05) is 0 Å². The van der Waals surface area contributed by atoms with Crippen LogP contribution in [0.25, 0.3) is 0 Å². The summed E-state index contributed by atoms with van der Waals surface area (Å²) in [6, 6.07) is 0. The van der Waals surface area contributed by atoms with Gasteiger partial charge in [-0.1, -0.05) is 42.5 Å². The lowest BCUT2D eigenvalue weighted by molar-refractivity contribution is 0.761. The van der Waals surface area contributed by atoms with E-state index in [4.69, 9.17) is 0 Å². The molecule has 0 bridgehead atoms. The van der Waals surface area contributed by atoms with Crippen LogP contribution in [0.1, 0.15) is 38.5 Å². The first-order valence-corrected chi connectivity index (χ1v) is 5.52. The molecule has 0 N–H and O–H groups in total. The van der Waals surface area contributed by atoms with Crippen LogP contribution in [0.15, 0.2) is 42.5 Å². The highest BCUT2D eigenvalue weighted by molar-refractivity contribution is 5.04. The molecule has 0 atom stereocenters. The third-order valence-corrected chi connectivity index (χ3v) is 2.18. The summed E-state index contributed by atoms with van der Waals surface area (Å²) in [5, 5.41) is 0. The highest BCUT2D eigenvalue weighted by Crippen LogP contribution is 2.03.